The molecular formula is C25H18F3N5O3S. The Morgan fingerprint density at radius 1 is 0.919 bits per heavy atom. The first-order valence-corrected chi connectivity index (χ1v) is 11.6. The monoisotopic (exact) mass is 525 g/mol. The number of carbonyl (C=O) groups is 1. The minimum Gasteiger partial charge on any atom is -0.493 e. The first-order chi connectivity index (χ1) is 17.7. The molecule has 0 saturated heterocycles. The van der Waals surface area contributed by atoms with Crippen LogP contribution in [0.4, 0.5) is 29.8 Å². The van der Waals surface area contributed by atoms with Crippen LogP contribution in [-0.2, 0) is 6.18 Å². The maximum absolute atomic E-state index is 12.8. The molecule has 2 heterocycles. The molecule has 0 aliphatic rings. The molecule has 0 aliphatic heterocycles. The number of alkyl halides is 3. The Labute approximate surface area is 212 Å². The van der Waals surface area contributed by atoms with Gasteiger partial charge in [-0.25, -0.2) is 15.0 Å². The first-order valence-electron chi connectivity index (χ1n) is 10.8. The Balaban J connectivity index is 1.37. The van der Waals surface area contributed by atoms with Gasteiger partial charge in [-0.1, -0.05) is 11.3 Å². The molecule has 0 unspecified atom stereocenters. The van der Waals surface area contributed by atoms with Gasteiger partial charge in [0.25, 0.3) is 5.91 Å². The van der Waals surface area contributed by atoms with Crippen molar-refractivity contribution in [2.45, 2.75) is 6.18 Å². The minimum absolute atomic E-state index is 0.113. The molecule has 0 spiro atoms. The van der Waals surface area contributed by atoms with Crippen LogP contribution in [0.5, 0.6) is 11.5 Å². The van der Waals surface area contributed by atoms with Gasteiger partial charge in [0, 0.05) is 22.7 Å². The van der Waals surface area contributed by atoms with Gasteiger partial charge in [0.2, 0.25) is 0 Å². The maximum atomic E-state index is 12.8. The number of methoxy groups -OCH3 is 2. The van der Waals surface area contributed by atoms with Crippen molar-refractivity contribution in [3.63, 3.8) is 0 Å². The lowest BCUT2D eigenvalue weighted by Crippen LogP contribution is -2.12. The molecule has 37 heavy (non-hydrogen) atoms. The molecule has 0 radical (unpaired) electrons. The summed E-state index contributed by atoms with van der Waals surface area (Å²) >= 11 is 1.35. The zero-order valence-electron chi connectivity index (χ0n) is 19.4. The SMILES string of the molecule is COc1cc2ncnc(Nc3nc4ccc(NC(=O)c5ccc(C(F)(F)F)cc5)cc4s3)c2cc1OC. The second kappa shape index (κ2) is 9.54. The van der Waals surface area contributed by atoms with Gasteiger partial charge in [-0.15, -0.1) is 0 Å². The lowest BCUT2D eigenvalue weighted by Gasteiger charge is -2.10. The lowest BCUT2D eigenvalue weighted by atomic mass is 10.1. The van der Waals surface area contributed by atoms with Gasteiger partial charge >= 0.3 is 6.18 Å². The van der Waals surface area contributed by atoms with E-state index >= 15 is 0 Å². The third kappa shape index (κ3) is 4.96. The number of hydrogen-bond acceptors (Lipinski definition) is 8. The molecule has 5 aromatic rings. The fourth-order valence-corrected chi connectivity index (χ4v) is 4.56. The number of amides is 1. The largest absolute Gasteiger partial charge is 0.493 e. The summed E-state index contributed by atoms with van der Waals surface area (Å²) in [7, 11) is 3.09. The second-order valence-corrected chi connectivity index (χ2v) is 8.83. The molecule has 188 valence electrons. The summed E-state index contributed by atoms with van der Waals surface area (Å²) in [6.45, 7) is 0. The molecule has 0 fully saturated rings. The summed E-state index contributed by atoms with van der Waals surface area (Å²) in [5, 5.41) is 7.19. The van der Waals surface area contributed by atoms with Gasteiger partial charge in [-0.3, -0.25) is 4.79 Å². The van der Waals surface area contributed by atoms with E-state index in [1.807, 2.05) is 0 Å². The summed E-state index contributed by atoms with van der Waals surface area (Å²) in [4.78, 5) is 25.7. The number of fused-ring (bicyclic) bond motifs is 2. The van der Waals surface area contributed by atoms with Gasteiger partial charge in [0.15, 0.2) is 16.6 Å². The van der Waals surface area contributed by atoms with Crippen LogP contribution in [0.3, 0.4) is 0 Å². The third-order valence-electron chi connectivity index (χ3n) is 5.49. The van der Waals surface area contributed by atoms with Gasteiger partial charge in [-0.2, -0.15) is 13.2 Å². The highest BCUT2D eigenvalue weighted by Crippen LogP contribution is 2.36. The van der Waals surface area contributed by atoms with Crippen LogP contribution in [0.15, 0.2) is 60.9 Å². The van der Waals surface area contributed by atoms with Crippen molar-refractivity contribution in [2.75, 3.05) is 24.9 Å². The van der Waals surface area contributed by atoms with Gasteiger partial charge < -0.3 is 20.1 Å². The van der Waals surface area contributed by atoms with E-state index in [1.165, 1.54) is 17.7 Å². The summed E-state index contributed by atoms with van der Waals surface area (Å²) < 4.78 is 49.8. The number of aromatic nitrogens is 3. The smallest absolute Gasteiger partial charge is 0.416 e. The molecule has 0 atom stereocenters. The highest BCUT2D eigenvalue weighted by Gasteiger charge is 2.30. The predicted molar refractivity (Wildman–Crippen MR) is 135 cm³/mol. The summed E-state index contributed by atoms with van der Waals surface area (Å²) in [5.41, 5.74) is 1.13. The van der Waals surface area contributed by atoms with Crippen LogP contribution in [0, 0.1) is 0 Å². The fraction of sp³-hybridized carbons (Fsp3) is 0.120. The fourth-order valence-electron chi connectivity index (χ4n) is 3.65. The van der Waals surface area contributed by atoms with E-state index in [0.717, 1.165) is 29.0 Å². The van der Waals surface area contributed by atoms with E-state index in [0.29, 0.717) is 44.6 Å². The third-order valence-corrected chi connectivity index (χ3v) is 6.42. The Morgan fingerprint density at radius 3 is 2.35 bits per heavy atom. The van der Waals surface area contributed by atoms with E-state index in [1.54, 1.807) is 44.6 Å². The maximum Gasteiger partial charge on any atom is 0.416 e. The summed E-state index contributed by atoms with van der Waals surface area (Å²) in [6.07, 6.45) is -3.03. The number of anilines is 3. The number of thiazole rings is 1. The molecule has 1 amide bonds. The molecule has 2 aromatic heterocycles. The van der Waals surface area contributed by atoms with Crippen LogP contribution in [0.2, 0.25) is 0 Å². The normalized spacial score (nSPS) is 11.5. The van der Waals surface area contributed by atoms with Gasteiger partial charge in [-0.05, 0) is 48.5 Å². The molecule has 5 rings (SSSR count). The molecular weight excluding hydrogens is 507 g/mol. The number of benzene rings is 3. The molecule has 8 nitrogen and oxygen atoms in total. The minimum atomic E-state index is -4.46. The Bertz CT molecular complexity index is 1620. The summed E-state index contributed by atoms with van der Waals surface area (Å²) in [5.74, 6) is 1.09. The molecule has 2 N–H and O–H groups in total. The number of rotatable bonds is 6. The molecule has 12 heteroatoms. The van der Waals surface area contributed by atoms with E-state index in [4.69, 9.17) is 9.47 Å². The lowest BCUT2D eigenvalue weighted by molar-refractivity contribution is -0.137. The Kier molecular flexibility index (Phi) is 6.25. The van der Waals surface area contributed by atoms with E-state index in [9.17, 15) is 18.0 Å². The van der Waals surface area contributed by atoms with Crippen molar-refractivity contribution in [1.29, 1.82) is 0 Å². The molecule has 3 aromatic carbocycles. The van der Waals surface area contributed by atoms with Crippen molar-refractivity contribution in [3.05, 3.63) is 72.1 Å². The van der Waals surface area contributed by atoms with Crippen LogP contribution < -0.4 is 20.1 Å². The zero-order valence-corrected chi connectivity index (χ0v) is 20.2. The van der Waals surface area contributed by atoms with E-state index in [-0.39, 0.29) is 5.56 Å². The number of nitrogens with zero attached hydrogens (tertiary/aromatic N) is 3. The van der Waals surface area contributed by atoms with Crippen LogP contribution >= 0.6 is 11.3 Å². The number of carbonyl (C=O) groups excluding carboxylic acids is 1. The van der Waals surface area contributed by atoms with Crippen molar-refractivity contribution in [1.82, 2.24) is 15.0 Å². The Hall–Kier alpha value is -4.45. The average Bonchev–Trinajstić information content (AvgIpc) is 3.29. The van der Waals surface area contributed by atoms with Gasteiger partial charge in [0.1, 0.15) is 12.1 Å². The number of hydrogen-bond donors (Lipinski definition) is 2. The zero-order chi connectivity index (χ0) is 26.2. The highest BCUT2D eigenvalue weighted by molar-refractivity contribution is 7.22. The van der Waals surface area contributed by atoms with Crippen molar-refractivity contribution in [3.8, 4) is 11.5 Å². The molecule has 0 bridgehead atoms. The quantitative estimate of drug-likeness (QED) is 0.270. The van der Waals surface area contributed by atoms with Gasteiger partial charge in [0.05, 0.1) is 35.5 Å². The number of ether oxygens (including phenoxy) is 2. The van der Waals surface area contributed by atoms with Crippen molar-refractivity contribution < 1.29 is 27.4 Å². The topological polar surface area (TPSA) is 98.3 Å². The Morgan fingerprint density at radius 2 is 1.65 bits per heavy atom. The predicted octanol–water partition coefficient (Wildman–Crippen LogP) is 6.27. The van der Waals surface area contributed by atoms with Crippen LogP contribution in [0.25, 0.3) is 21.1 Å². The van der Waals surface area contributed by atoms with Crippen molar-refractivity contribution >= 4 is 55.0 Å². The molecule has 0 saturated carbocycles. The average molecular weight is 526 g/mol. The summed E-state index contributed by atoms with van der Waals surface area (Å²) in [6, 6.07) is 12.7. The van der Waals surface area contributed by atoms with Crippen LogP contribution in [0.1, 0.15) is 15.9 Å². The number of nitrogens with one attached hydrogen (secondary N) is 2. The second-order valence-electron chi connectivity index (χ2n) is 7.80. The van der Waals surface area contributed by atoms with Crippen molar-refractivity contribution in [2.24, 2.45) is 0 Å². The number of halogens is 3. The highest BCUT2D eigenvalue weighted by atomic mass is 32.1. The molecule has 0 aliphatic carbocycles. The first kappa shape index (κ1) is 24.3. The van der Waals surface area contributed by atoms with Crippen LogP contribution in [-0.4, -0.2) is 35.1 Å². The van der Waals surface area contributed by atoms with E-state index < -0.39 is 17.6 Å². The standard InChI is InChI=1S/C25H18F3N5O3S/c1-35-19-10-16-18(11-20(19)36-2)29-12-30-22(16)33-24-32-17-8-7-15(9-21(17)37-24)31-23(34)13-3-5-14(6-4-13)25(26,27)28/h3-12H,1-2H3,(H,31,34)(H,29,30,32,33). The van der Waals surface area contributed by atoms with E-state index in [2.05, 4.69) is 25.6 Å².